The van der Waals surface area contributed by atoms with E-state index in [1.54, 1.807) is 13.4 Å². The molecular weight excluding hydrogens is 258 g/mol. The van der Waals surface area contributed by atoms with Gasteiger partial charge in [-0.15, -0.1) is 0 Å². The molecule has 5 nitrogen and oxygen atoms in total. The topological polar surface area (TPSA) is 52.9 Å². The minimum absolute atomic E-state index is 0.472. The van der Waals surface area contributed by atoms with Crippen LogP contribution in [0.5, 0.6) is 0 Å². The lowest BCUT2D eigenvalue weighted by Gasteiger charge is -2.05. The molecule has 5 heteroatoms. The summed E-state index contributed by atoms with van der Waals surface area (Å²) in [5.41, 5.74) is 1.15. The van der Waals surface area contributed by atoms with E-state index in [0.717, 1.165) is 30.9 Å². The van der Waals surface area contributed by atoms with Gasteiger partial charge in [-0.05, 0) is 12.5 Å². The van der Waals surface area contributed by atoms with Gasteiger partial charge in [0.2, 0.25) is 0 Å². The van der Waals surface area contributed by atoms with Gasteiger partial charge < -0.3 is 23.9 Å². The minimum Gasteiger partial charge on any atom is -0.467 e. The molecule has 0 aliphatic rings. The molecule has 0 saturated carbocycles. The minimum atomic E-state index is 0.472. The largest absolute Gasteiger partial charge is 0.467 e. The lowest BCUT2D eigenvalue weighted by Crippen LogP contribution is -2.21. The van der Waals surface area contributed by atoms with Crippen LogP contribution in [-0.2, 0) is 27.4 Å². The second-order valence-corrected chi connectivity index (χ2v) is 4.97. The Morgan fingerprint density at radius 3 is 2.70 bits per heavy atom. The van der Waals surface area contributed by atoms with Crippen molar-refractivity contribution in [2.45, 2.75) is 39.5 Å². The van der Waals surface area contributed by atoms with Crippen molar-refractivity contribution < 1.29 is 18.6 Å². The first kappa shape index (κ1) is 17.2. The van der Waals surface area contributed by atoms with E-state index in [4.69, 9.17) is 18.6 Å². The maximum Gasteiger partial charge on any atom is 0.129 e. The average molecular weight is 285 g/mol. The van der Waals surface area contributed by atoms with Crippen molar-refractivity contribution in [3.63, 3.8) is 0 Å². The van der Waals surface area contributed by atoms with Gasteiger partial charge in [-0.2, -0.15) is 0 Å². The van der Waals surface area contributed by atoms with Gasteiger partial charge in [-0.1, -0.05) is 13.8 Å². The maximum absolute atomic E-state index is 5.49. The van der Waals surface area contributed by atoms with Gasteiger partial charge >= 0.3 is 0 Å². The molecular formula is C15H27NO4. The number of rotatable bonds is 12. The summed E-state index contributed by atoms with van der Waals surface area (Å²) in [6.07, 6.45) is 2.69. The molecule has 1 N–H and O–H groups in total. The van der Waals surface area contributed by atoms with Crippen LogP contribution < -0.4 is 5.32 Å². The van der Waals surface area contributed by atoms with Crippen LogP contribution in [0.2, 0.25) is 0 Å². The van der Waals surface area contributed by atoms with E-state index in [9.17, 15) is 0 Å². The Morgan fingerprint density at radius 2 is 1.95 bits per heavy atom. The van der Waals surface area contributed by atoms with Crippen LogP contribution in [0.1, 0.15) is 31.6 Å². The van der Waals surface area contributed by atoms with Crippen molar-refractivity contribution in [3.8, 4) is 0 Å². The summed E-state index contributed by atoms with van der Waals surface area (Å²) in [5, 5.41) is 3.34. The van der Waals surface area contributed by atoms with Crippen LogP contribution in [0.3, 0.4) is 0 Å². The highest BCUT2D eigenvalue weighted by molar-refractivity contribution is 5.12. The average Bonchev–Trinajstić information content (AvgIpc) is 2.87. The second kappa shape index (κ2) is 10.9. The van der Waals surface area contributed by atoms with Gasteiger partial charge in [0.1, 0.15) is 12.4 Å². The highest BCUT2D eigenvalue weighted by atomic mass is 16.5. The molecule has 1 heterocycles. The number of hydrogen-bond donors (Lipinski definition) is 1. The van der Waals surface area contributed by atoms with Gasteiger partial charge in [0.15, 0.2) is 0 Å². The quantitative estimate of drug-likeness (QED) is 0.597. The molecule has 0 atom stereocenters. The van der Waals surface area contributed by atoms with Crippen molar-refractivity contribution in [2.75, 3.05) is 33.5 Å². The highest BCUT2D eigenvalue weighted by Gasteiger charge is 2.02. The van der Waals surface area contributed by atoms with Crippen molar-refractivity contribution in [3.05, 3.63) is 23.7 Å². The molecule has 0 saturated heterocycles. The van der Waals surface area contributed by atoms with Gasteiger partial charge in [0, 0.05) is 38.5 Å². The first-order valence-electron chi connectivity index (χ1n) is 7.16. The zero-order valence-corrected chi connectivity index (χ0v) is 12.8. The fourth-order valence-electron chi connectivity index (χ4n) is 1.61. The molecule has 0 bridgehead atoms. The van der Waals surface area contributed by atoms with E-state index in [0.29, 0.717) is 32.5 Å². The second-order valence-electron chi connectivity index (χ2n) is 4.97. The Hall–Kier alpha value is -0.880. The molecule has 0 fully saturated rings. The summed E-state index contributed by atoms with van der Waals surface area (Å²) in [4.78, 5) is 0. The van der Waals surface area contributed by atoms with Crippen LogP contribution in [0.25, 0.3) is 0 Å². The predicted molar refractivity (Wildman–Crippen MR) is 77.7 cm³/mol. The number of methoxy groups -OCH3 is 1. The van der Waals surface area contributed by atoms with E-state index in [1.807, 2.05) is 6.07 Å². The van der Waals surface area contributed by atoms with Crippen LogP contribution in [0, 0.1) is 0 Å². The number of furan rings is 1. The maximum atomic E-state index is 5.49. The molecule has 116 valence electrons. The zero-order chi connectivity index (χ0) is 14.6. The molecule has 0 radical (unpaired) electrons. The first-order chi connectivity index (χ1) is 9.72. The third-order valence-corrected chi connectivity index (χ3v) is 2.68. The summed E-state index contributed by atoms with van der Waals surface area (Å²) in [5.74, 6) is 0.852. The molecule has 0 unspecified atom stereocenters. The van der Waals surface area contributed by atoms with Crippen LogP contribution in [0.15, 0.2) is 16.7 Å². The Balaban J connectivity index is 2.01. The SMILES string of the molecule is COCCCOCCOCc1cc(CNC(C)C)co1. The third kappa shape index (κ3) is 8.32. The normalized spacial score (nSPS) is 11.4. The lowest BCUT2D eigenvalue weighted by atomic mass is 10.3. The van der Waals surface area contributed by atoms with Gasteiger partial charge in [0.05, 0.1) is 19.5 Å². The Labute approximate surface area is 121 Å². The third-order valence-electron chi connectivity index (χ3n) is 2.68. The Bertz CT molecular complexity index is 338. The molecule has 1 rings (SSSR count). The molecule has 0 amide bonds. The number of nitrogens with one attached hydrogen (secondary N) is 1. The van der Waals surface area contributed by atoms with Crippen LogP contribution in [-0.4, -0.2) is 39.6 Å². The summed E-state index contributed by atoms with van der Waals surface area (Å²) >= 11 is 0. The van der Waals surface area contributed by atoms with Crippen LogP contribution >= 0.6 is 0 Å². The van der Waals surface area contributed by atoms with E-state index in [1.165, 1.54) is 0 Å². The predicted octanol–water partition coefficient (Wildman–Crippen LogP) is 2.35. The highest BCUT2D eigenvalue weighted by Crippen LogP contribution is 2.09. The summed E-state index contributed by atoms with van der Waals surface area (Å²) < 4.78 is 21.3. The molecule has 0 aliphatic heterocycles. The van der Waals surface area contributed by atoms with E-state index in [-0.39, 0.29) is 0 Å². The van der Waals surface area contributed by atoms with Gasteiger partial charge in [0.25, 0.3) is 0 Å². The summed E-state index contributed by atoms with van der Waals surface area (Å²) in [6, 6.07) is 2.49. The number of ether oxygens (including phenoxy) is 3. The molecule has 0 aromatic carbocycles. The van der Waals surface area contributed by atoms with Crippen molar-refractivity contribution in [2.24, 2.45) is 0 Å². The lowest BCUT2D eigenvalue weighted by molar-refractivity contribution is 0.0287. The van der Waals surface area contributed by atoms with Crippen molar-refractivity contribution in [1.82, 2.24) is 5.32 Å². The van der Waals surface area contributed by atoms with Gasteiger partial charge in [-0.3, -0.25) is 0 Å². The fourth-order valence-corrected chi connectivity index (χ4v) is 1.61. The molecule has 0 spiro atoms. The monoisotopic (exact) mass is 285 g/mol. The fraction of sp³-hybridized carbons (Fsp3) is 0.733. The molecule has 1 aromatic rings. The Morgan fingerprint density at radius 1 is 1.15 bits per heavy atom. The van der Waals surface area contributed by atoms with Gasteiger partial charge in [-0.25, -0.2) is 0 Å². The summed E-state index contributed by atoms with van der Waals surface area (Å²) in [7, 11) is 1.69. The van der Waals surface area contributed by atoms with E-state index < -0.39 is 0 Å². The zero-order valence-electron chi connectivity index (χ0n) is 12.8. The van der Waals surface area contributed by atoms with E-state index in [2.05, 4.69) is 19.2 Å². The molecule has 0 aliphatic carbocycles. The van der Waals surface area contributed by atoms with Crippen molar-refractivity contribution >= 4 is 0 Å². The van der Waals surface area contributed by atoms with Crippen LogP contribution in [0.4, 0.5) is 0 Å². The first-order valence-corrected chi connectivity index (χ1v) is 7.16. The molecule has 1 aromatic heterocycles. The molecule has 20 heavy (non-hydrogen) atoms. The summed E-state index contributed by atoms with van der Waals surface area (Å²) in [6.45, 7) is 8.18. The number of hydrogen-bond acceptors (Lipinski definition) is 5. The standard InChI is InChI=1S/C15H27NO4/c1-13(2)16-10-14-9-15(20-11-14)12-19-8-7-18-6-4-5-17-3/h9,11,13,16H,4-8,10,12H2,1-3H3. The Kier molecular flexibility index (Phi) is 9.32. The van der Waals surface area contributed by atoms with E-state index >= 15 is 0 Å². The smallest absolute Gasteiger partial charge is 0.129 e. The van der Waals surface area contributed by atoms with Crippen molar-refractivity contribution in [1.29, 1.82) is 0 Å².